The zero-order valence-corrected chi connectivity index (χ0v) is 9.36. The maximum absolute atomic E-state index is 12.8. The predicted molar refractivity (Wildman–Crippen MR) is 56.2 cm³/mol. The zero-order chi connectivity index (χ0) is 13.3. The lowest BCUT2D eigenvalue weighted by atomic mass is 10.2. The molecule has 0 aliphatic carbocycles. The highest BCUT2D eigenvalue weighted by atomic mass is 19.4. The van der Waals surface area contributed by atoms with Crippen molar-refractivity contribution in [1.82, 2.24) is 9.61 Å². The smallest absolute Gasteiger partial charge is 0.436 e. The van der Waals surface area contributed by atoms with Gasteiger partial charge in [0, 0.05) is 6.20 Å². The third-order valence-corrected chi connectivity index (χ3v) is 2.29. The van der Waals surface area contributed by atoms with Gasteiger partial charge < -0.3 is 4.74 Å². The van der Waals surface area contributed by atoms with Crippen LogP contribution in [0, 0.1) is 0 Å². The molecule has 4 nitrogen and oxygen atoms in total. The third-order valence-electron chi connectivity index (χ3n) is 2.29. The normalized spacial score (nSPS) is 11.8. The Morgan fingerprint density at radius 2 is 2.17 bits per heavy atom. The summed E-state index contributed by atoms with van der Waals surface area (Å²) < 4.78 is 44.1. The number of hydrogen-bond acceptors (Lipinski definition) is 3. The quantitative estimate of drug-likeness (QED) is 0.777. The van der Waals surface area contributed by atoms with Crippen LogP contribution >= 0.6 is 0 Å². The molecule has 0 fully saturated rings. The standard InChI is InChI=1S/C11H9F3N2O2/c1-2-18-10(17)8-7-5-3-4-6-16(7)15-9(8)11(12,13)14/h3-6H,2H2,1H3. The van der Waals surface area contributed by atoms with Gasteiger partial charge in [-0.05, 0) is 19.1 Å². The largest absolute Gasteiger partial charge is 0.462 e. The topological polar surface area (TPSA) is 43.6 Å². The van der Waals surface area contributed by atoms with E-state index in [2.05, 4.69) is 9.84 Å². The molecule has 2 heterocycles. The number of hydrogen-bond donors (Lipinski definition) is 0. The van der Waals surface area contributed by atoms with Gasteiger partial charge in [0.15, 0.2) is 5.69 Å². The van der Waals surface area contributed by atoms with Crippen molar-refractivity contribution in [3.05, 3.63) is 35.7 Å². The van der Waals surface area contributed by atoms with Gasteiger partial charge in [0.05, 0.1) is 12.1 Å². The maximum atomic E-state index is 12.8. The Hall–Kier alpha value is -2.05. The van der Waals surface area contributed by atoms with Crippen LogP contribution < -0.4 is 0 Å². The number of carbonyl (C=O) groups is 1. The van der Waals surface area contributed by atoms with Gasteiger partial charge in [0.2, 0.25) is 0 Å². The Balaban J connectivity index is 2.69. The van der Waals surface area contributed by atoms with E-state index in [1.807, 2.05) is 0 Å². The number of pyridine rings is 1. The molecular weight excluding hydrogens is 249 g/mol. The summed E-state index contributed by atoms with van der Waals surface area (Å²) in [5.74, 6) is -1.02. The molecule has 0 spiro atoms. The van der Waals surface area contributed by atoms with Gasteiger partial charge in [-0.25, -0.2) is 9.31 Å². The minimum atomic E-state index is -4.70. The molecule has 7 heteroatoms. The number of esters is 1. The molecule has 0 radical (unpaired) electrons. The Kier molecular flexibility index (Phi) is 2.98. The average molecular weight is 258 g/mol. The van der Waals surface area contributed by atoms with E-state index in [-0.39, 0.29) is 12.1 Å². The minimum absolute atomic E-state index is 0.000302. The highest BCUT2D eigenvalue weighted by Gasteiger charge is 2.40. The second-order valence-electron chi connectivity index (χ2n) is 3.47. The van der Waals surface area contributed by atoms with Crippen molar-refractivity contribution in [1.29, 1.82) is 0 Å². The lowest BCUT2D eigenvalue weighted by Gasteiger charge is -2.05. The van der Waals surface area contributed by atoms with Crippen LogP contribution in [0.25, 0.3) is 5.52 Å². The second-order valence-corrected chi connectivity index (χ2v) is 3.47. The van der Waals surface area contributed by atoms with Crippen molar-refractivity contribution in [2.45, 2.75) is 13.1 Å². The lowest BCUT2D eigenvalue weighted by Crippen LogP contribution is -2.14. The highest BCUT2D eigenvalue weighted by Crippen LogP contribution is 2.33. The first-order valence-corrected chi connectivity index (χ1v) is 5.17. The van der Waals surface area contributed by atoms with Crippen LogP contribution in [0.15, 0.2) is 24.4 Å². The van der Waals surface area contributed by atoms with Crippen molar-refractivity contribution in [2.24, 2.45) is 0 Å². The Bertz CT molecular complexity index is 589. The van der Waals surface area contributed by atoms with Crippen LogP contribution in [0.2, 0.25) is 0 Å². The van der Waals surface area contributed by atoms with Gasteiger partial charge in [-0.15, -0.1) is 0 Å². The molecule has 0 N–H and O–H groups in total. The summed E-state index contributed by atoms with van der Waals surface area (Å²) in [7, 11) is 0. The average Bonchev–Trinajstić information content (AvgIpc) is 2.68. The zero-order valence-electron chi connectivity index (χ0n) is 9.36. The number of nitrogens with zero attached hydrogens (tertiary/aromatic N) is 2. The SMILES string of the molecule is CCOC(=O)c1c(C(F)(F)F)nn2ccccc12. The van der Waals surface area contributed by atoms with Gasteiger partial charge in [-0.2, -0.15) is 18.3 Å². The molecule has 0 unspecified atom stereocenters. The van der Waals surface area contributed by atoms with Crippen molar-refractivity contribution >= 4 is 11.5 Å². The Morgan fingerprint density at radius 3 is 2.78 bits per heavy atom. The van der Waals surface area contributed by atoms with E-state index in [4.69, 9.17) is 0 Å². The van der Waals surface area contributed by atoms with E-state index >= 15 is 0 Å². The van der Waals surface area contributed by atoms with E-state index in [9.17, 15) is 18.0 Å². The number of ether oxygens (including phenoxy) is 1. The number of rotatable bonds is 2. The highest BCUT2D eigenvalue weighted by molar-refractivity contribution is 5.98. The summed E-state index contributed by atoms with van der Waals surface area (Å²) in [4.78, 5) is 11.6. The Labute approximate surface area is 100.0 Å². The summed E-state index contributed by atoms with van der Waals surface area (Å²) in [6.07, 6.45) is -3.36. The first kappa shape index (κ1) is 12.4. The molecule has 2 aromatic heterocycles. The lowest BCUT2D eigenvalue weighted by molar-refractivity contribution is -0.141. The molecule has 0 saturated carbocycles. The number of aromatic nitrogens is 2. The first-order chi connectivity index (χ1) is 8.45. The summed E-state index contributed by atoms with van der Waals surface area (Å²) in [6.45, 7) is 1.52. The van der Waals surface area contributed by atoms with Crippen LogP contribution in [0.1, 0.15) is 23.0 Å². The summed E-state index contributed by atoms with van der Waals surface area (Å²) in [5.41, 5.74) is -1.71. The second kappa shape index (κ2) is 4.32. The van der Waals surface area contributed by atoms with Crippen LogP contribution in [-0.4, -0.2) is 22.2 Å². The Morgan fingerprint density at radius 1 is 1.44 bits per heavy atom. The molecule has 96 valence electrons. The van der Waals surface area contributed by atoms with Crippen LogP contribution in [0.3, 0.4) is 0 Å². The maximum Gasteiger partial charge on any atom is 0.436 e. The van der Waals surface area contributed by atoms with Crippen LogP contribution in [-0.2, 0) is 10.9 Å². The van der Waals surface area contributed by atoms with E-state index in [0.29, 0.717) is 0 Å². The van der Waals surface area contributed by atoms with E-state index < -0.39 is 23.4 Å². The van der Waals surface area contributed by atoms with Crippen LogP contribution in [0.5, 0.6) is 0 Å². The molecule has 0 aliphatic heterocycles. The van der Waals surface area contributed by atoms with Crippen molar-refractivity contribution < 1.29 is 22.7 Å². The van der Waals surface area contributed by atoms with E-state index in [0.717, 1.165) is 4.52 Å². The summed E-state index contributed by atoms with van der Waals surface area (Å²) >= 11 is 0. The molecule has 0 bridgehead atoms. The minimum Gasteiger partial charge on any atom is -0.462 e. The van der Waals surface area contributed by atoms with Crippen molar-refractivity contribution in [2.75, 3.05) is 6.61 Å². The molecule has 0 aromatic carbocycles. The third kappa shape index (κ3) is 2.03. The molecule has 0 atom stereocenters. The summed E-state index contributed by atoms with van der Waals surface area (Å²) in [6, 6.07) is 4.43. The predicted octanol–water partition coefficient (Wildman–Crippen LogP) is 2.53. The van der Waals surface area contributed by atoms with Crippen molar-refractivity contribution in [3.63, 3.8) is 0 Å². The molecule has 18 heavy (non-hydrogen) atoms. The molecule has 2 rings (SSSR count). The molecule has 0 amide bonds. The fourth-order valence-corrected chi connectivity index (χ4v) is 1.60. The van der Waals surface area contributed by atoms with Gasteiger partial charge in [-0.1, -0.05) is 6.07 Å². The molecule has 0 saturated heterocycles. The van der Waals surface area contributed by atoms with Gasteiger partial charge in [0.1, 0.15) is 5.56 Å². The van der Waals surface area contributed by atoms with E-state index in [1.165, 1.54) is 31.3 Å². The van der Waals surface area contributed by atoms with Crippen LogP contribution in [0.4, 0.5) is 13.2 Å². The number of carbonyl (C=O) groups excluding carboxylic acids is 1. The number of fused-ring (bicyclic) bond motifs is 1. The first-order valence-electron chi connectivity index (χ1n) is 5.17. The molecular formula is C11H9F3N2O2. The summed E-state index contributed by atoms with van der Waals surface area (Å²) in [5, 5.41) is 3.38. The number of alkyl halides is 3. The fourth-order valence-electron chi connectivity index (χ4n) is 1.60. The molecule has 2 aromatic rings. The van der Waals surface area contributed by atoms with E-state index in [1.54, 1.807) is 0 Å². The van der Waals surface area contributed by atoms with Gasteiger partial charge in [-0.3, -0.25) is 0 Å². The number of halogens is 3. The van der Waals surface area contributed by atoms with Gasteiger partial charge >= 0.3 is 12.1 Å². The van der Waals surface area contributed by atoms with Crippen molar-refractivity contribution in [3.8, 4) is 0 Å². The monoisotopic (exact) mass is 258 g/mol. The molecule has 0 aliphatic rings. The fraction of sp³-hybridized carbons (Fsp3) is 0.273. The van der Waals surface area contributed by atoms with Gasteiger partial charge in [0.25, 0.3) is 0 Å².